The standard InChI is InChI=1S/C23H21ClN4O2S/c1-15-6-5-9-20(16(15)2)30-12-17-10-21(31-13-17)22(29)26-23-25-14-28(27-23)11-18-7-3-4-8-19(18)24/h3-10,13-14H,11-12H2,1-2H3,(H,26,27,29). The van der Waals surface area contributed by atoms with Crippen molar-refractivity contribution in [3.05, 3.63) is 92.4 Å². The number of hydrogen-bond acceptors (Lipinski definition) is 5. The summed E-state index contributed by atoms with van der Waals surface area (Å²) in [7, 11) is 0. The van der Waals surface area contributed by atoms with Crippen molar-refractivity contribution in [2.24, 2.45) is 0 Å². The van der Waals surface area contributed by atoms with Crippen molar-refractivity contribution in [1.29, 1.82) is 0 Å². The number of nitrogens with one attached hydrogen (secondary N) is 1. The highest BCUT2D eigenvalue weighted by Crippen LogP contribution is 2.23. The van der Waals surface area contributed by atoms with E-state index in [1.165, 1.54) is 16.9 Å². The molecule has 2 aromatic heterocycles. The molecule has 0 unspecified atom stereocenters. The summed E-state index contributed by atoms with van der Waals surface area (Å²) in [5, 5.41) is 9.63. The van der Waals surface area contributed by atoms with Gasteiger partial charge in [0.05, 0.1) is 11.4 Å². The van der Waals surface area contributed by atoms with Gasteiger partial charge in [-0.1, -0.05) is 41.9 Å². The van der Waals surface area contributed by atoms with Crippen molar-refractivity contribution < 1.29 is 9.53 Å². The molecule has 0 saturated heterocycles. The molecule has 6 nitrogen and oxygen atoms in total. The minimum absolute atomic E-state index is 0.249. The molecule has 0 radical (unpaired) electrons. The zero-order valence-corrected chi connectivity index (χ0v) is 18.7. The molecule has 1 amide bonds. The van der Waals surface area contributed by atoms with Gasteiger partial charge < -0.3 is 4.74 Å². The molecule has 0 spiro atoms. The summed E-state index contributed by atoms with van der Waals surface area (Å²) in [6.07, 6.45) is 1.57. The van der Waals surface area contributed by atoms with Crippen LogP contribution in [0.5, 0.6) is 5.75 Å². The van der Waals surface area contributed by atoms with E-state index in [-0.39, 0.29) is 11.9 Å². The number of aryl methyl sites for hydroxylation is 1. The van der Waals surface area contributed by atoms with Crippen LogP contribution < -0.4 is 10.1 Å². The first-order chi connectivity index (χ1) is 15.0. The van der Waals surface area contributed by atoms with Crippen molar-refractivity contribution in [2.75, 3.05) is 5.32 Å². The first-order valence-corrected chi connectivity index (χ1v) is 11.0. The number of ether oxygens (including phenoxy) is 1. The third-order valence-corrected chi connectivity index (χ3v) is 6.23. The summed E-state index contributed by atoms with van der Waals surface area (Å²) in [6, 6.07) is 15.4. The quantitative estimate of drug-likeness (QED) is 0.402. The molecule has 0 atom stereocenters. The molecule has 158 valence electrons. The van der Waals surface area contributed by atoms with Crippen molar-refractivity contribution in [3.63, 3.8) is 0 Å². The number of anilines is 1. The Balaban J connectivity index is 1.35. The fourth-order valence-electron chi connectivity index (χ4n) is 3.00. The average Bonchev–Trinajstić information content (AvgIpc) is 3.40. The Bertz CT molecular complexity index is 1220. The van der Waals surface area contributed by atoms with Crippen LogP contribution >= 0.6 is 22.9 Å². The second kappa shape index (κ2) is 9.32. The minimum Gasteiger partial charge on any atom is -0.489 e. The normalized spacial score (nSPS) is 10.8. The van der Waals surface area contributed by atoms with E-state index in [0.29, 0.717) is 23.1 Å². The van der Waals surface area contributed by atoms with Gasteiger partial charge in [-0.25, -0.2) is 9.67 Å². The lowest BCUT2D eigenvalue weighted by Gasteiger charge is -2.09. The highest BCUT2D eigenvalue weighted by molar-refractivity contribution is 7.12. The van der Waals surface area contributed by atoms with Crippen LogP contribution in [0.3, 0.4) is 0 Å². The molecule has 1 N–H and O–H groups in total. The summed E-state index contributed by atoms with van der Waals surface area (Å²) in [5.41, 5.74) is 4.17. The van der Waals surface area contributed by atoms with Crippen LogP contribution in [-0.4, -0.2) is 20.7 Å². The number of rotatable bonds is 7. The number of thiophene rings is 1. The van der Waals surface area contributed by atoms with Gasteiger partial charge in [0, 0.05) is 10.6 Å². The highest BCUT2D eigenvalue weighted by Gasteiger charge is 2.13. The number of halogens is 1. The number of carbonyl (C=O) groups is 1. The molecule has 0 fully saturated rings. The summed E-state index contributed by atoms with van der Waals surface area (Å²) < 4.78 is 7.55. The number of nitrogens with zero attached hydrogens (tertiary/aromatic N) is 3. The second-order valence-corrected chi connectivity index (χ2v) is 8.44. The fourth-order valence-corrected chi connectivity index (χ4v) is 3.99. The van der Waals surface area contributed by atoms with Gasteiger partial charge in [-0.2, -0.15) is 0 Å². The van der Waals surface area contributed by atoms with Crippen LogP contribution in [0.25, 0.3) is 0 Å². The van der Waals surface area contributed by atoms with Gasteiger partial charge in [0.1, 0.15) is 18.7 Å². The van der Waals surface area contributed by atoms with Crippen LogP contribution in [0.1, 0.15) is 31.9 Å². The summed E-state index contributed by atoms with van der Waals surface area (Å²) in [5.74, 6) is 0.850. The summed E-state index contributed by atoms with van der Waals surface area (Å²) in [4.78, 5) is 17.3. The second-order valence-electron chi connectivity index (χ2n) is 7.12. The smallest absolute Gasteiger partial charge is 0.268 e. The lowest BCUT2D eigenvalue weighted by Crippen LogP contribution is -2.12. The molecule has 8 heteroatoms. The van der Waals surface area contributed by atoms with Crippen molar-refractivity contribution in [3.8, 4) is 5.75 Å². The lowest BCUT2D eigenvalue weighted by atomic mass is 10.1. The SMILES string of the molecule is Cc1cccc(OCc2csc(C(=O)Nc3ncn(Cc4ccccc4Cl)n3)c2)c1C. The highest BCUT2D eigenvalue weighted by atomic mass is 35.5. The van der Waals surface area contributed by atoms with Gasteiger partial charge in [-0.05, 0) is 54.1 Å². The Kier molecular flexibility index (Phi) is 6.34. The molecule has 0 aliphatic carbocycles. The third kappa shape index (κ3) is 5.13. The fraction of sp³-hybridized carbons (Fsp3) is 0.174. The zero-order chi connectivity index (χ0) is 21.8. The van der Waals surface area contributed by atoms with E-state index in [2.05, 4.69) is 28.4 Å². The van der Waals surface area contributed by atoms with E-state index in [0.717, 1.165) is 22.4 Å². The Morgan fingerprint density at radius 2 is 2.03 bits per heavy atom. The Morgan fingerprint density at radius 1 is 1.19 bits per heavy atom. The number of benzene rings is 2. The predicted octanol–water partition coefficient (Wildman–Crippen LogP) is 5.49. The van der Waals surface area contributed by atoms with E-state index in [1.54, 1.807) is 11.0 Å². The Labute approximate surface area is 189 Å². The van der Waals surface area contributed by atoms with Gasteiger partial charge in [-0.15, -0.1) is 16.4 Å². The van der Waals surface area contributed by atoms with Gasteiger partial charge in [0.15, 0.2) is 0 Å². The van der Waals surface area contributed by atoms with Crippen molar-refractivity contribution in [1.82, 2.24) is 14.8 Å². The number of aromatic nitrogens is 3. The maximum atomic E-state index is 12.6. The third-order valence-electron chi connectivity index (χ3n) is 4.88. The van der Waals surface area contributed by atoms with Crippen LogP contribution in [0.2, 0.25) is 5.02 Å². The van der Waals surface area contributed by atoms with Gasteiger partial charge >= 0.3 is 0 Å². The van der Waals surface area contributed by atoms with Gasteiger partial charge in [-0.3, -0.25) is 10.1 Å². The van der Waals surface area contributed by atoms with Crippen LogP contribution in [0.4, 0.5) is 5.95 Å². The largest absolute Gasteiger partial charge is 0.489 e. The molecule has 4 rings (SSSR count). The molecule has 0 bridgehead atoms. The predicted molar refractivity (Wildman–Crippen MR) is 123 cm³/mol. The van der Waals surface area contributed by atoms with Crippen LogP contribution in [0.15, 0.2) is 60.2 Å². The Hall–Kier alpha value is -3.16. The van der Waals surface area contributed by atoms with Crippen molar-refractivity contribution in [2.45, 2.75) is 27.0 Å². The molecule has 0 saturated carbocycles. The molecule has 0 aliphatic rings. The molecular formula is C23H21ClN4O2S. The summed E-state index contributed by atoms with van der Waals surface area (Å²) >= 11 is 7.55. The van der Waals surface area contributed by atoms with Crippen LogP contribution in [-0.2, 0) is 13.2 Å². The molecule has 0 aliphatic heterocycles. The van der Waals surface area contributed by atoms with E-state index < -0.39 is 0 Å². The summed E-state index contributed by atoms with van der Waals surface area (Å²) in [6.45, 7) is 4.97. The first kappa shape index (κ1) is 21.1. The van der Waals surface area contributed by atoms with E-state index >= 15 is 0 Å². The minimum atomic E-state index is -0.251. The molecule has 2 heterocycles. The number of carbonyl (C=O) groups excluding carboxylic acids is 1. The van der Waals surface area contributed by atoms with Gasteiger partial charge in [0.2, 0.25) is 5.95 Å². The van der Waals surface area contributed by atoms with E-state index in [1.807, 2.05) is 54.8 Å². The van der Waals surface area contributed by atoms with E-state index in [9.17, 15) is 4.79 Å². The first-order valence-electron chi connectivity index (χ1n) is 9.70. The average molecular weight is 453 g/mol. The lowest BCUT2D eigenvalue weighted by molar-refractivity contribution is 0.102. The zero-order valence-electron chi connectivity index (χ0n) is 17.1. The number of amides is 1. The molecule has 2 aromatic carbocycles. The maximum Gasteiger partial charge on any atom is 0.268 e. The molecular weight excluding hydrogens is 432 g/mol. The molecule has 4 aromatic rings. The maximum absolute atomic E-state index is 12.6. The number of hydrogen-bond donors (Lipinski definition) is 1. The molecule has 31 heavy (non-hydrogen) atoms. The van der Waals surface area contributed by atoms with Crippen molar-refractivity contribution >= 4 is 34.8 Å². The van der Waals surface area contributed by atoms with Gasteiger partial charge in [0.25, 0.3) is 5.91 Å². The topological polar surface area (TPSA) is 69.0 Å². The van der Waals surface area contributed by atoms with Crippen LogP contribution in [0, 0.1) is 13.8 Å². The van der Waals surface area contributed by atoms with E-state index in [4.69, 9.17) is 16.3 Å². The Morgan fingerprint density at radius 3 is 2.87 bits per heavy atom. The monoisotopic (exact) mass is 452 g/mol.